The molecule has 6 nitrogen and oxygen atoms in total. The first-order valence-electron chi connectivity index (χ1n) is 8.32. The zero-order valence-electron chi connectivity index (χ0n) is 14.5. The number of rotatable bonds is 3. The fourth-order valence-electron chi connectivity index (χ4n) is 3.58. The minimum absolute atomic E-state index is 0.158. The summed E-state index contributed by atoms with van der Waals surface area (Å²) in [5.41, 5.74) is 2.49. The summed E-state index contributed by atoms with van der Waals surface area (Å²) in [7, 11) is 3.57. The summed E-state index contributed by atoms with van der Waals surface area (Å²) in [5, 5.41) is 3.58. The Labute approximate surface area is 145 Å². The topological polar surface area (TPSA) is 68.9 Å². The maximum absolute atomic E-state index is 13.0. The Balaban J connectivity index is 1.78. The lowest BCUT2D eigenvalue weighted by Gasteiger charge is -2.16. The van der Waals surface area contributed by atoms with Crippen LogP contribution in [0.1, 0.15) is 34.5 Å². The summed E-state index contributed by atoms with van der Waals surface area (Å²) in [5.74, 6) is -0.226. The number of aryl methyl sites for hydroxylation is 3. The molecule has 0 aliphatic heterocycles. The molecule has 3 aromatic rings. The number of carbonyl (C=O) groups excluding carboxylic acids is 1. The molecule has 3 aromatic heterocycles. The highest BCUT2D eigenvalue weighted by Gasteiger charge is 2.47. The van der Waals surface area contributed by atoms with E-state index in [0.29, 0.717) is 10.9 Å². The average Bonchev–Trinajstić information content (AvgIpc) is 3.28. The van der Waals surface area contributed by atoms with Gasteiger partial charge in [-0.25, -0.2) is 0 Å². The maximum atomic E-state index is 13.0. The molecule has 3 heterocycles. The molecule has 128 valence electrons. The molecule has 0 atom stereocenters. The van der Waals surface area contributed by atoms with Crippen LogP contribution in [-0.4, -0.2) is 20.0 Å². The first-order valence-corrected chi connectivity index (χ1v) is 8.32. The van der Waals surface area contributed by atoms with Gasteiger partial charge >= 0.3 is 0 Å². The molecule has 1 aliphatic rings. The first-order chi connectivity index (χ1) is 11.9. The van der Waals surface area contributed by atoms with Crippen molar-refractivity contribution in [3.8, 4) is 0 Å². The average molecular weight is 336 g/mol. The predicted octanol–water partition coefficient (Wildman–Crippen LogP) is 2.00. The Hall–Kier alpha value is -2.89. The number of nitrogens with zero attached hydrogens (tertiary/aromatic N) is 3. The minimum atomic E-state index is -0.407. The van der Waals surface area contributed by atoms with Gasteiger partial charge in [0.25, 0.3) is 11.5 Å². The Morgan fingerprint density at radius 3 is 2.60 bits per heavy atom. The molecule has 1 N–H and O–H groups in total. The third-order valence-electron chi connectivity index (χ3n) is 4.98. The number of aromatic nitrogens is 3. The zero-order valence-corrected chi connectivity index (χ0v) is 14.5. The Morgan fingerprint density at radius 1 is 1.20 bits per heavy atom. The molecule has 0 saturated heterocycles. The molecule has 0 unspecified atom stereocenters. The molecule has 0 radical (unpaired) electrons. The second-order valence-electron chi connectivity index (χ2n) is 6.86. The molecular formula is C19H20N4O2. The van der Waals surface area contributed by atoms with Gasteiger partial charge in [-0.3, -0.25) is 14.6 Å². The van der Waals surface area contributed by atoms with Gasteiger partial charge in [0.15, 0.2) is 0 Å². The van der Waals surface area contributed by atoms with E-state index in [1.807, 2.05) is 36.7 Å². The maximum Gasteiger partial charge on any atom is 0.260 e. The lowest BCUT2D eigenvalue weighted by Crippen LogP contribution is -2.36. The van der Waals surface area contributed by atoms with Crippen molar-refractivity contribution in [1.82, 2.24) is 19.4 Å². The summed E-state index contributed by atoms with van der Waals surface area (Å²) in [6, 6.07) is 5.71. The molecule has 1 aliphatic carbocycles. The molecular weight excluding hydrogens is 316 g/mol. The van der Waals surface area contributed by atoms with Gasteiger partial charge in [0.2, 0.25) is 0 Å². The van der Waals surface area contributed by atoms with Gasteiger partial charge < -0.3 is 14.5 Å². The number of amides is 1. The van der Waals surface area contributed by atoms with Crippen molar-refractivity contribution in [2.24, 2.45) is 14.1 Å². The number of nitrogens with one attached hydrogen (secondary N) is 1. The predicted molar refractivity (Wildman–Crippen MR) is 95.5 cm³/mol. The van der Waals surface area contributed by atoms with Crippen LogP contribution in [0.5, 0.6) is 0 Å². The van der Waals surface area contributed by atoms with E-state index in [9.17, 15) is 9.59 Å². The number of hydrogen-bond donors (Lipinski definition) is 1. The summed E-state index contributed by atoms with van der Waals surface area (Å²) >= 11 is 0. The third kappa shape index (κ3) is 2.36. The van der Waals surface area contributed by atoms with Gasteiger partial charge in [-0.2, -0.15) is 0 Å². The van der Waals surface area contributed by atoms with Crippen LogP contribution in [0, 0.1) is 6.92 Å². The van der Waals surface area contributed by atoms with Crippen LogP contribution in [0.15, 0.2) is 41.6 Å². The van der Waals surface area contributed by atoms with E-state index in [0.717, 1.165) is 29.6 Å². The molecule has 1 fully saturated rings. The van der Waals surface area contributed by atoms with Crippen molar-refractivity contribution in [3.05, 3.63) is 64.0 Å². The third-order valence-corrected chi connectivity index (χ3v) is 4.98. The minimum Gasteiger partial charge on any atom is -0.349 e. The van der Waals surface area contributed by atoms with Crippen molar-refractivity contribution in [1.29, 1.82) is 0 Å². The number of hydrogen-bond acceptors (Lipinski definition) is 3. The highest BCUT2D eigenvalue weighted by Crippen LogP contribution is 2.44. The van der Waals surface area contributed by atoms with E-state index < -0.39 is 5.54 Å². The molecule has 25 heavy (non-hydrogen) atoms. The lowest BCUT2D eigenvalue weighted by atomic mass is 10.1. The molecule has 4 rings (SSSR count). The van der Waals surface area contributed by atoms with E-state index in [1.165, 1.54) is 4.57 Å². The monoisotopic (exact) mass is 336 g/mol. The van der Waals surface area contributed by atoms with E-state index in [1.54, 1.807) is 25.6 Å². The van der Waals surface area contributed by atoms with Gasteiger partial charge in [0.05, 0.1) is 27.7 Å². The quantitative estimate of drug-likeness (QED) is 0.795. The number of carbonyl (C=O) groups is 1. The SMILES string of the molecule is Cc1cn(C)c(=O)c2c(C(=O)NC3(c4ccccn4)CC3)cn(C)c12. The van der Waals surface area contributed by atoms with Gasteiger partial charge in [-0.05, 0) is 37.5 Å². The molecule has 1 amide bonds. The van der Waals surface area contributed by atoms with Crippen LogP contribution in [0.4, 0.5) is 0 Å². The Bertz CT molecular complexity index is 1040. The van der Waals surface area contributed by atoms with E-state index in [2.05, 4.69) is 10.3 Å². The highest BCUT2D eigenvalue weighted by molar-refractivity contribution is 6.07. The molecule has 0 spiro atoms. The fraction of sp³-hybridized carbons (Fsp3) is 0.316. The first kappa shape index (κ1) is 15.6. The standard InChI is InChI=1S/C19H20N4O2/c1-12-10-23(3)18(25)15-13(11-22(2)16(12)15)17(24)21-19(7-8-19)14-6-4-5-9-20-14/h4-6,9-11H,7-8H2,1-3H3,(H,21,24). The largest absolute Gasteiger partial charge is 0.349 e. The van der Waals surface area contributed by atoms with E-state index in [4.69, 9.17) is 0 Å². The zero-order chi connectivity index (χ0) is 17.8. The van der Waals surface area contributed by atoms with Gasteiger partial charge in [0.1, 0.15) is 0 Å². The second kappa shape index (κ2) is 5.31. The van der Waals surface area contributed by atoms with E-state index in [-0.39, 0.29) is 11.5 Å². The normalized spacial score (nSPS) is 15.3. The van der Waals surface area contributed by atoms with Crippen LogP contribution in [-0.2, 0) is 19.6 Å². The Kier molecular flexibility index (Phi) is 3.32. The second-order valence-corrected chi connectivity index (χ2v) is 6.86. The van der Waals surface area contributed by atoms with E-state index >= 15 is 0 Å². The van der Waals surface area contributed by atoms with Gasteiger partial charge in [-0.15, -0.1) is 0 Å². The van der Waals surface area contributed by atoms with Crippen molar-refractivity contribution in [2.75, 3.05) is 0 Å². The molecule has 6 heteroatoms. The van der Waals surface area contributed by atoms with Crippen molar-refractivity contribution >= 4 is 16.8 Å². The van der Waals surface area contributed by atoms with Crippen molar-refractivity contribution in [3.63, 3.8) is 0 Å². The summed E-state index contributed by atoms with van der Waals surface area (Å²) in [6.07, 6.45) is 6.99. The molecule has 0 bridgehead atoms. The summed E-state index contributed by atoms with van der Waals surface area (Å²) < 4.78 is 3.38. The van der Waals surface area contributed by atoms with Gasteiger partial charge in [-0.1, -0.05) is 6.07 Å². The van der Waals surface area contributed by atoms with Crippen molar-refractivity contribution in [2.45, 2.75) is 25.3 Å². The number of pyridine rings is 2. The molecule has 0 aromatic carbocycles. The summed E-state index contributed by atoms with van der Waals surface area (Å²) in [4.78, 5) is 30.0. The fourth-order valence-corrected chi connectivity index (χ4v) is 3.58. The van der Waals surface area contributed by atoms with Crippen LogP contribution in [0.25, 0.3) is 10.9 Å². The van der Waals surface area contributed by atoms with Crippen LogP contribution < -0.4 is 10.9 Å². The molecule has 1 saturated carbocycles. The lowest BCUT2D eigenvalue weighted by molar-refractivity contribution is 0.0931. The van der Waals surface area contributed by atoms with Crippen molar-refractivity contribution < 1.29 is 4.79 Å². The highest BCUT2D eigenvalue weighted by atomic mass is 16.2. The smallest absolute Gasteiger partial charge is 0.260 e. The van der Waals surface area contributed by atoms with Crippen LogP contribution in [0.2, 0.25) is 0 Å². The van der Waals surface area contributed by atoms with Gasteiger partial charge in [0, 0.05) is 32.7 Å². The Morgan fingerprint density at radius 2 is 1.96 bits per heavy atom. The van der Waals surface area contributed by atoms with Crippen LogP contribution >= 0.6 is 0 Å². The van der Waals surface area contributed by atoms with Crippen LogP contribution in [0.3, 0.4) is 0 Å². The number of fused-ring (bicyclic) bond motifs is 1. The summed E-state index contributed by atoms with van der Waals surface area (Å²) in [6.45, 7) is 1.94.